The summed E-state index contributed by atoms with van der Waals surface area (Å²) < 4.78 is 5.53. The standard InChI is InChI=1S/C21H19N5O2/c1-13-11-26(21(27)16-2-3-18-15(10-16)6-9-23-18)12-17(13)20-24-19(25-28-20)14-4-7-22-8-5-14/h2-10,13,17,23H,11-12H2,1H3/t13-,17-/m0/s1. The molecule has 7 nitrogen and oxygen atoms in total. The highest BCUT2D eigenvalue weighted by Gasteiger charge is 2.37. The number of hydrogen-bond donors (Lipinski definition) is 1. The lowest BCUT2D eigenvalue weighted by atomic mass is 9.98. The summed E-state index contributed by atoms with van der Waals surface area (Å²) in [5.74, 6) is 1.43. The predicted octanol–water partition coefficient (Wildman–Crippen LogP) is 3.49. The number of carbonyl (C=O) groups is 1. The van der Waals surface area contributed by atoms with Crippen molar-refractivity contribution in [1.29, 1.82) is 0 Å². The molecular formula is C21H19N5O2. The van der Waals surface area contributed by atoms with Gasteiger partial charge in [-0.25, -0.2) is 0 Å². The number of rotatable bonds is 3. The van der Waals surface area contributed by atoms with Crippen LogP contribution in [0.4, 0.5) is 0 Å². The van der Waals surface area contributed by atoms with Crippen molar-refractivity contribution in [3.63, 3.8) is 0 Å². The van der Waals surface area contributed by atoms with Gasteiger partial charge in [0, 0.05) is 53.7 Å². The molecule has 3 aromatic heterocycles. The molecule has 1 amide bonds. The molecule has 0 unspecified atom stereocenters. The average molecular weight is 373 g/mol. The van der Waals surface area contributed by atoms with Gasteiger partial charge in [-0.2, -0.15) is 4.98 Å². The van der Waals surface area contributed by atoms with Gasteiger partial charge >= 0.3 is 0 Å². The minimum Gasteiger partial charge on any atom is -0.361 e. The summed E-state index contributed by atoms with van der Waals surface area (Å²) in [7, 11) is 0. The molecular weight excluding hydrogens is 354 g/mol. The Morgan fingerprint density at radius 1 is 1.18 bits per heavy atom. The molecule has 1 aliphatic heterocycles. The molecule has 4 aromatic rings. The minimum atomic E-state index is 0.0306. The highest BCUT2D eigenvalue weighted by Crippen LogP contribution is 2.33. The maximum Gasteiger partial charge on any atom is 0.253 e. The maximum absolute atomic E-state index is 13.0. The summed E-state index contributed by atoms with van der Waals surface area (Å²) >= 11 is 0. The molecule has 1 aliphatic rings. The van der Waals surface area contributed by atoms with Gasteiger partial charge in [-0.3, -0.25) is 9.78 Å². The number of benzene rings is 1. The van der Waals surface area contributed by atoms with Crippen LogP contribution >= 0.6 is 0 Å². The van der Waals surface area contributed by atoms with Gasteiger partial charge in [0.1, 0.15) is 0 Å². The fourth-order valence-electron chi connectivity index (χ4n) is 3.83. The number of aromatic amines is 1. The van der Waals surface area contributed by atoms with Crippen molar-refractivity contribution in [3.8, 4) is 11.4 Å². The van der Waals surface area contributed by atoms with E-state index in [1.54, 1.807) is 12.4 Å². The van der Waals surface area contributed by atoms with Crippen molar-refractivity contribution in [2.75, 3.05) is 13.1 Å². The number of H-pyrrole nitrogens is 1. The van der Waals surface area contributed by atoms with Gasteiger partial charge in [-0.15, -0.1) is 0 Å². The van der Waals surface area contributed by atoms with Crippen molar-refractivity contribution >= 4 is 16.8 Å². The third-order valence-corrected chi connectivity index (χ3v) is 5.40. The molecule has 5 rings (SSSR count). The van der Waals surface area contributed by atoms with Gasteiger partial charge in [0.05, 0.1) is 5.92 Å². The number of pyridine rings is 1. The Morgan fingerprint density at radius 2 is 2.04 bits per heavy atom. The molecule has 0 aliphatic carbocycles. The maximum atomic E-state index is 13.0. The molecule has 0 radical (unpaired) electrons. The van der Waals surface area contributed by atoms with E-state index in [1.165, 1.54) is 0 Å². The third-order valence-electron chi connectivity index (χ3n) is 5.40. The zero-order valence-corrected chi connectivity index (χ0v) is 15.4. The number of amides is 1. The first-order chi connectivity index (χ1) is 13.7. The molecule has 0 saturated carbocycles. The molecule has 2 atom stereocenters. The van der Waals surface area contributed by atoms with Crippen LogP contribution < -0.4 is 0 Å². The summed E-state index contributed by atoms with van der Waals surface area (Å²) in [6, 6.07) is 11.4. The van der Waals surface area contributed by atoms with Gasteiger partial charge in [0.25, 0.3) is 5.91 Å². The number of fused-ring (bicyclic) bond motifs is 1. The van der Waals surface area contributed by atoms with E-state index in [9.17, 15) is 4.79 Å². The predicted molar refractivity (Wildman–Crippen MR) is 104 cm³/mol. The van der Waals surface area contributed by atoms with Gasteiger partial charge in [0.2, 0.25) is 11.7 Å². The van der Waals surface area contributed by atoms with Crippen molar-refractivity contribution in [1.82, 2.24) is 25.0 Å². The van der Waals surface area contributed by atoms with Crippen molar-refractivity contribution in [3.05, 3.63) is 66.4 Å². The van der Waals surface area contributed by atoms with Crippen LogP contribution in [0.3, 0.4) is 0 Å². The number of nitrogens with zero attached hydrogens (tertiary/aromatic N) is 4. The van der Waals surface area contributed by atoms with E-state index >= 15 is 0 Å². The second-order valence-corrected chi connectivity index (χ2v) is 7.27. The van der Waals surface area contributed by atoms with Crippen LogP contribution in [0.1, 0.15) is 29.1 Å². The third kappa shape index (κ3) is 2.85. The van der Waals surface area contributed by atoms with E-state index in [2.05, 4.69) is 27.0 Å². The molecule has 7 heteroatoms. The van der Waals surface area contributed by atoms with Gasteiger partial charge in [0.15, 0.2) is 0 Å². The molecule has 1 saturated heterocycles. The normalized spacial score (nSPS) is 19.4. The van der Waals surface area contributed by atoms with E-state index in [0.29, 0.717) is 30.4 Å². The highest BCUT2D eigenvalue weighted by atomic mass is 16.5. The van der Waals surface area contributed by atoms with Gasteiger partial charge in [-0.05, 0) is 42.3 Å². The molecule has 28 heavy (non-hydrogen) atoms. The smallest absolute Gasteiger partial charge is 0.253 e. The van der Waals surface area contributed by atoms with Crippen molar-refractivity contribution in [2.45, 2.75) is 12.8 Å². The van der Waals surface area contributed by atoms with Crippen LogP contribution in [-0.4, -0.2) is 44.0 Å². The number of hydrogen-bond acceptors (Lipinski definition) is 5. The van der Waals surface area contributed by atoms with Crippen molar-refractivity contribution < 1.29 is 9.32 Å². The van der Waals surface area contributed by atoms with E-state index < -0.39 is 0 Å². The SMILES string of the molecule is C[C@H]1CN(C(=O)c2ccc3[nH]ccc3c2)C[C@@H]1c1nc(-c2ccncc2)no1. The molecule has 0 spiro atoms. The summed E-state index contributed by atoms with van der Waals surface area (Å²) in [5, 5.41) is 5.14. The molecule has 0 bridgehead atoms. The van der Waals surface area contributed by atoms with Gasteiger partial charge in [-0.1, -0.05) is 12.1 Å². The van der Waals surface area contributed by atoms with Crippen LogP contribution in [0.25, 0.3) is 22.3 Å². The average Bonchev–Trinajstić information content (AvgIpc) is 3.46. The Labute approximate surface area is 161 Å². The molecule has 1 N–H and O–H groups in total. The van der Waals surface area contributed by atoms with Crippen LogP contribution in [0.2, 0.25) is 0 Å². The summed E-state index contributed by atoms with van der Waals surface area (Å²) in [4.78, 5) is 26.6. The van der Waals surface area contributed by atoms with Crippen molar-refractivity contribution in [2.24, 2.45) is 5.92 Å². The van der Waals surface area contributed by atoms with Crippen LogP contribution in [0.5, 0.6) is 0 Å². The summed E-state index contributed by atoms with van der Waals surface area (Å²) in [5.41, 5.74) is 2.59. The van der Waals surface area contributed by atoms with Crippen LogP contribution in [0, 0.1) is 5.92 Å². The summed E-state index contributed by atoms with van der Waals surface area (Å²) in [6.45, 7) is 3.36. The first-order valence-corrected chi connectivity index (χ1v) is 9.29. The zero-order valence-electron chi connectivity index (χ0n) is 15.4. The first kappa shape index (κ1) is 16.7. The second kappa shape index (κ2) is 6.60. The van der Waals surface area contributed by atoms with Crippen LogP contribution in [-0.2, 0) is 0 Å². The Morgan fingerprint density at radius 3 is 2.89 bits per heavy atom. The molecule has 1 aromatic carbocycles. The van der Waals surface area contributed by atoms with E-state index in [0.717, 1.165) is 16.5 Å². The quantitative estimate of drug-likeness (QED) is 0.594. The highest BCUT2D eigenvalue weighted by molar-refractivity contribution is 5.98. The summed E-state index contributed by atoms with van der Waals surface area (Å²) in [6.07, 6.45) is 5.28. The Kier molecular flexibility index (Phi) is 3.93. The monoisotopic (exact) mass is 373 g/mol. The largest absolute Gasteiger partial charge is 0.361 e. The Balaban J connectivity index is 1.36. The Bertz CT molecular complexity index is 1130. The zero-order chi connectivity index (χ0) is 19.1. The molecule has 1 fully saturated rings. The fraction of sp³-hybridized carbons (Fsp3) is 0.238. The number of aromatic nitrogens is 4. The molecule has 140 valence electrons. The number of carbonyl (C=O) groups excluding carboxylic acids is 1. The first-order valence-electron chi connectivity index (χ1n) is 9.29. The van der Waals surface area contributed by atoms with Gasteiger partial charge < -0.3 is 14.4 Å². The van der Waals surface area contributed by atoms with E-state index in [4.69, 9.17) is 4.52 Å². The van der Waals surface area contributed by atoms with Crippen LogP contribution in [0.15, 0.2) is 59.5 Å². The topological polar surface area (TPSA) is 87.9 Å². The lowest BCUT2D eigenvalue weighted by molar-refractivity contribution is 0.0786. The Hall–Kier alpha value is -3.48. The lowest BCUT2D eigenvalue weighted by Gasteiger charge is -2.16. The fourth-order valence-corrected chi connectivity index (χ4v) is 3.83. The van der Waals surface area contributed by atoms with E-state index in [-0.39, 0.29) is 17.7 Å². The number of likely N-dealkylation sites (tertiary alicyclic amines) is 1. The lowest BCUT2D eigenvalue weighted by Crippen LogP contribution is -2.28. The minimum absolute atomic E-state index is 0.0306. The molecule has 4 heterocycles. The second-order valence-electron chi connectivity index (χ2n) is 7.27. The van der Waals surface area contributed by atoms with E-state index in [1.807, 2.05) is 47.5 Å². The number of nitrogens with one attached hydrogen (secondary N) is 1.